The Balaban J connectivity index is 2.98. The number of nitrogens with one attached hydrogen (secondary N) is 2. The van der Waals surface area contributed by atoms with Crippen molar-refractivity contribution in [2.75, 3.05) is 13.1 Å². The van der Waals surface area contributed by atoms with Gasteiger partial charge in [0.1, 0.15) is 5.82 Å². The summed E-state index contributed by atoms with van der Waals surface area (Å²) >= 11 is 0. The first-order valence-corrected chi connectivity index (χ1v) is 8.75. The Morgan fingerprint density at radius 1 is 1.24 bits per heavy atom. The molecule has 0 saturated heterocycles. The van der Waals surface area contributed by atoms with Gasteiger partial charge in [0.25, 0.3) is 0 Å². The third-order valence-corrected chi connectivity index (χ3v) is 5.12. The van der Waals surface area contributed by atoms with Gasteiger partial charge in [-0.3, -0.25) is 0 Å². The average Bonchev–Trinajstić information content (AvgIpc) is 2.43. The lowest BCUT2D eigenvalue weighted by Crippen LogP contribution is -2.31. The smallest absolute Gasteiger partial charge is 0.241 e. The van der Waals surface area contributed by atoms with Crippen LogP contribution in [-0.4, -0.2) is 21.5 Å². The van der Waals surface area contributed by atoms with Gasteiger partial charge in [-0.1, -0.05) is 33.8 Å². The fourth-order valence-corrected chi connectivity index (χ4v) is 3.13. The Morgan fingerprint density at radius 3 is 2.48 bits per heavy atom. The van der Waals surface area contributed by atoms with Crippen molar-refractivity contribution in [2.24, 2.45) is 11.8 Å². The molecule has 0 aliphatic carbocycles. The van der Waals surface area contributed by atoms with Crippen molar-refractivity contribution in [1.29, 1.82) is 0 Å². The molecule has 0 heterocycles. The third-order valence-electron chi connectivity index (χ3n) is 3.62. The van der Waals surface area contributed by atoms with Crippen molar-refractivity contribution >= 4 is 10.0 Å². The molecule has 0 radical (unpaired) electrons. The van der Waals surface area contributed by atoms with Crippen molar-refractivity contribution in [2.45, 2.75) is 39.1 Å². The number of rotatable bonds is 8. The predicted octanol–water partition coefficient (Wildman–Crippen LogP) is 2.51. The second-order valence-electron chi connectivity index (χ2n) is 5.61. The molecule has 21 heavy (non-hydrogen) atoms. The SMILES string of the molecule is CCNCc1ccc(F)cc1S(=O)(=O)NCC(C)C(C)C. The maximum atomic E-state index is 13.4. The van der Waals surface area contributed by atoms with E-state index in [2.05, 4.69) is 10.0 Å². The third kappa shape index (κ3) is 5.37. The Morgan fingerprint density at radius 2 is 1.90 bits per heavy atom. The summed E-state index contributed by atoms with van der Waals surface area (Å²) in [6.45, 7) is 9.45. The fraction of sp³-hybridized carbons (Fsp3) is 0.600. The number of hydrogen-bond acceptors (Lipinski definition) is 3. The van der Waals surface area contributed by atoms with Crippen LogP contribution in [0.3, 0.4) is 0 Å². The highest BCUT2D eigenvalue weighted by Crippen LogP contribution is 2.18. The Labute approximate surface area is 127 Å². The van der Waals surface area contributed by atoms with Crippen LogP contribution in [0.5, 0.6) is 0 Å². The number of halogens is 1. The summed E-state index contributed by atoms with van der Waals surface area (Å²) in [5.41, 5.74) is 0.572. The zero-order chi connectivity index (χ0) is 16.0. The van der Waals surface area contributed by atoms with Crippen LogP contribution in [0.4, 0.5) is 4.39 Å². The van der Waals surface area contributed by atoms with E-state index in [9.17, 15) is 12.8 Å². The molecule has 1 rings (SSSR count). The van der Waals surface area contributed by atoms with E-state index in [0.717, 1.165) is 6.07 Å². The van der Waals surface area contributed by atoms with Gasteiger partial charge in [-0.05, 0) is 36.1 Å². The predicted molar refractivity (Wildman–Crippen MR) is 83.0 cm³/mol. The van der Waals surface area contributed by atoms with Gasteiger partial charge in [-0.2, -0.15) is 0 Å². The molecule has 0 spiro atoms. The van der Waals surface area contributed by atoms with Crippen LogP contribution in [0, 0.1) is 17.7 Å². The van der Waals surface area contributed by atoms with Gasteiger partial charge in [0.15, 0.2) is 0 Å². The molecule has 1 atom stereocenters. The molecular formula is C15H25FN2O2S. The normalized spacial score (nSPS) is 13.6. The van der Waals surface area contributed by atoms with Crippen LogP contribution in [-0.2, 0) is 16.6 Å². The van der Waals surface area contributed by atoms with Crippen molar-refractivity contribution in [3.63, 3.8) is 0 Å². The topological polar surface area (TPSA) is 58.2 Å². The van der Waals surface area contributed by atoms with Crippen LogP contribution in [0.25, 0.3) is 0 Å². The van der Waals surface area contributed by atoms with E-state index in [4.69, 9.17) is 0 Å². The van der Waals surface area contributed by atoms with E-state index in [0.29, 0.717) is 31.1 Å². The minimum Gasteiger partial charge on any atom is -0.313 e. The van der Waals surface area contributed by atoms with Crippen molar-refractivity contribution in [3.05, 3.63) is 29.6 Å². The summed E-state index contributed by atoms with van der Waals surface area (Å²) in [5, 5.41) is 3.06. The zero-order valence-corrected chi connectivity index (χ0v) is 13.9. The molecule has 120 valence electrons. The fourth-order valence-electron chi connectivity index (χ4n) is 1.74. The molecule has 0 fully saturated rings. The highest BCUT2D eigenvalue weighted by molar-refractivity contribution is 7.89. The van der Waals surface area contributed by atoms with Gasteiger partial charge >= 0.3 is 0 Å². The summed E-state index contributed by atoms with van der Waals surface area (Å²) in [6.07, 6.45) is 0. The number of benzene rings is 1. The summed E-state index contributed by atoms with van der Waals surface area (Å²) < 4.78 is 40.8. The highest BCUT2D eigenvalue weighted by Gasteiger charge is 2.20. The molecule has 0 aliphatic rings. The molecule has 1 aromatic rings. The van der Waals surface area contributed by atoms with Crippen LogP contribution in [0.2, 0.25) is 0 Å². The molecule has 0 aromatic heterocycles. The molecule has 0 amide bonds. The second kappa shape index (κ2) is 7.87. The first kappa shape index (κ1) is 18.1. The van der Waals surface area contributed by atoms with E-state index >= 15 is 0 Å². The molecule has 4 nitrogen and oxygen atoms in total. The van der Waals surface area contributed by atoms with Gasteiger partial charge < -0.3 is 5.32 Å². The maximum Gasteiger partial charge on any atom is 0.241 e. The van der Waals surface area contributed by atoms with Crippen molar-refractivity contribution in [3.8, 4) is 0 Å². The van der Waals surface area contributed by atoms with Crippen molar-refractivity contribution in [1.82, 2.24) is 10.0 Å². The highest BCUT2D eigenvalue weighted by atomic mass is 32.2. The molecule has 1 aromatic carbocycles. The minimum absolute atomic E-state index is 0.0133. The van der Waals surface area contributed by atoms with Crippen LogP contribution < -0.4 is 10.0 Å². The van der Waals surface area contributed by atoms with Crippen LogP contribution in [0.15, 0.2) is 23.1 Å². The van der Waals surface area contributed by atoms with E-state index in [1.54, 1.807) is 0 Å². The largest absolute Gasteiger partial charge is 0.313 e. The Bertz CT molecular complexity index is 559. The minimum atomic E-state index is -3.70. The van der Waals surface area contributed by atoms with Gasteiger partial charge in [0, 0.05) is 13.1 Å². The monoisotopic (exact) mass is 316 g/mol. The lowest BCUT2D eigenvalue weighted by atomic mass is 9.99. The average molecular weight is 316 g/mol. The molecule has 1 unspecified atom stereocenters. The van der Waals surface area contributed by atoms with Crippen molar-refractivity contribution < 1.29 is 12.8 Å². The summed E-state index contributed by atoms with van der Waals surface area (Å²) in [5.74, 6) is 0.0412. The molecule has 2 N–H and O–H groups in total. The molecule has 0 bridgehead atoms. The van der Waals surface area contributed by atoms with Gasteiger partial charge in [-0.25, -0.2) is 17.5 Å². The lowest BCUT2D eigenvalue weighted by molar-refractivity contribution is 0.414. The van der Waals surface area contributed by atoms with Gasteiger partial charge in [0.05, 0.1) is 4.90 Å². The molecule has 0 aliphatic heterocycles. The van der Waals surface area contributed by atoms with E-state index < -0.39 is 15.8 Å². The lowest BCUT2D eigenvalue weighted by Gasteiger charge is -2.17. The van der Waals surface area contributed by atoms with E-state index in [-0.39, 0.29) is 10.8 Å². The zero-order valence-electron chi connectivity index (χ0n) is 13.1. The molecule has 6 heteroatoms. The summed E-state index contributed by atoms with van der Waals surface area (Å²) in [4.78, 5) is 0.0133. The van der Waals surface area contributed by atoms with Gasteiger partial charge in [-0.15, -0.1) is 0 Å². The van der Waals surface area contributed by atoms with Gasteiger partial charge in [0.2, 0.25) is 10.0 Å². The Hall–Kier alpha value is -0.980. The quantitative estimate of drug-likeness (QED) is 0.775. The Kier molecular flexibility index (Phi) is 6.77. The van der Waals surface area contributed by atoms with Crippen LogP contribution >= 0.6 is 0 Å². The second-order valence-corrected chi connectivity index (χ2v) is 7.34. The number of sulfonamides is 1. The summed E-state index contributed by atoms with van der Waals surface area (Å²) in [6, 6.07) is 3.87. The maximum absolute atomic E-state index is 13.4. The summed E-state index contributed by atoms with van der Waals surface area (Å²) in [7, 11) is -3.70. The first-order chi connectivity index (χ1) is 9.77. The number of hydrogen-bond donors (Lipinski definition) is 2. The molecular weight excluding hydrogens is 291 g/mol. The van der Waals surface area contributed by atoms with E-state index in [1.807, 2.05) is 27.7 Å². The molecule has 0 saturated carbocycles. The first-order valence-electron chi connectivity index (χ1n) is 7.26. The van der Waals surface area contributed by atoms with Crippen LogP contribution in [0.1, 0.15) is 33.3 Å². The standard InChI is InChI=1S/C15H25FN2O2S/c1-5-17-10-13-6-7-14(16)8-15(13)21(19,20)18-9-12(4)11(2)3/h6-8,11-12,17-18H,5,9-10H2,1-4H3. The van der Waals surface area contributed by atoms with E-state index in [1.165, 1.54) is 12.1 Å².